The Morgan fingerprint density at radius 2 is 2.00 bits per heavy atom. The van der Waals surface area contributed by atoms with Crippen molar-refractivity contribution in [3.8, 4) is 0 Å². The second-order valence-corrected chi connectivity index (χ2v) is 7.13. The van der Waals surface area contributed by atoms with E-state index < -0.39 is 11.8 Å². The van der Waals surface area contributed by atoms with E-state index >= 15 is 0 Å². The second kappa shape index (κ2) is 8.94. The molecule has 0 aliphatic carbocycles. The highest BCUT2D eigenvalue weighted by atomic mass is 35.5. The van der Waals surface area contributed by atoms with Crippen molar-refractivity contribution >= 4 is 34.7 Å². The van der Waals surface area contributed by atoms with Crippen LogP contribution < -0.4 is 21.7 Å². The SMILES string of the molecule is N=C(N)C(C(=O)Nc1cnccc1N1CCC(CN)CC1)c1ncc(Cl)cn1. The number of anilines is 2. The number of carbonyl (C=O) groups excluding carboxylic acids is 1. The first-order valence-electron chi connectivity index (χ1n) is 9.00. The van der Waals surface area contributed by atoms with Crippen molar-refractivity contribution in [3.05, 3.63) is 41.7 Å². The van der Waals surface area contributed by atoms with Crippen LogP contribution in [0.4, 0.5) is 11.4 Å². The van der Waals surface area contributed by atoms with Gasteiger partial charge in [0.15, 0.2) is 5.92 Å². The fourth-order valence-electron chi connectivity index (χ4n) is 3.24. The third-order valence-corrected chi connectivity index (χ3v) is 5.01. The van der Waals surface area contributed by atoms with Gasteiger partial charge in [0.1, 0.15) is 11.7 Å². The maximum absolute atomic E-state index is 12.9. The minimum absolute atomic E-state index is 0.114. The van der Waals surface area contributed by atoms with Crippen LogP contribution in [0.3, 0.4) is 0 Å². The topological polar surface area (TPSA) is 147 Å². The normalized spacial score (nSPS) is 15.9. The highest BCUT2D eigenvalue weighted by Crippen LogP contribution is 2.29. The van der Waals surface area contributed by atoms with Crippen LogP contribution in [0.2, 0.25) is 5.02 Å². The summed E-state index contributed by atoms with van der Waals surface area (Å²) in [6.45, 7) is 2.39. The third-order valence-electron chi connectivity index (χ3n) is 4.82. The number of nitrogens with zero attached hydrogens (tertiary/aromatic N) is 4. The van der Waals surface area contributed by atoms with Crippen LogP contribution in [0.15, 0.2) is 30.9 Å². The van der Waals surface area contributed by atoms with Crippen molar-refractivity contribution in [1.82, 2.24) is 15.0 Å². The lowest BCUT2D eigenvalue weighted by atomic mass is 9.96. The van der Waals surface area contributed by atoms with Gasteiger partial charge in [-0.05, 0) is 31.4 Å². The zero-order valence-electron chi connectivity index (χ0n) is 15.3. The molecule has 1 amide bonds. The molecule has 1 aliphatic rings. The summed E-state index contributed by atoms with van der Waals surface area (Å²) in [5.74, 6) is -1.33. The van der Waals surface area contributed by atoms with E-state index in [0.717, 1.165) is 31.6 Å². The molecule has 1 unspecified atom stereocenters. The predicted octanol–water partition coefficient (Wildman–Crippen LogP) is 1.36. The molecule has 148 valence electrons. The minimum Gasteiger partial charge on any atom is -0.387 e. The van der Waals surface area contributed by atoms with Gasteiger partial charge in [0.25, 0.3) is 0 Å². The maximum Gasteiger partial charge on any atom is 0.242 e. The average molecular weight is 403 g/mol. The predicted molar refractivity (Wildman–Crippen MR) is 109 cm³/mol. The summed E-state index contributed by atoms with van der Waals surface area (Å²) in [7, 11) is 0. The van der Waals surface area contributed by atoms with E-state index in [9.17, 15) is 4.79 Å². The lowest BCUT2D eigenvalue weighted by Gasteiger charge is -2.34. The van der Waals surface area contributed by atoms with Crippen LogP contribution in [0.1, 0.15) is 24.6 Å². The molecule has 28 heavy (non-hydrogen) atoms. The Balaban J connectivity index is 1.80. The molecule has 3 rings (SSSR count). The van der Waals surface area contributed by atoms with Crippen LogP contribution in [-0.4, -0.2) is 46.3 Å². The molecule has 2 aromatic heterocycles. The molecule has 6 N–H and O–H groups in total. The van der Waals surface area contributed by atoms with Crippen molar-refractivity contribution in [3.63, 3.8) is 0 Å². The molecule has 1 atom stereocenters. The Labute approximate surface area is 168 Å². The molecule has 1 fully saturated rings. The van der Waals surface area contributed by atoms with Gasteiger partial charge >= 0.3 is 0 Å². The molecule has 1 aliphatic heterocycles. The van der Waals surface area contributed by atoms with Crippen LogP contribution >= 0.6 is 11.6 Å². The number of nitrogens with one attached hydrogen (secondary N) is 2. The Morgan fingerprint density at radius 1 is 1.32 bits per heavy atom. The number of hydrogen-bond acceptors (Lipinski definition) is 7. The maximum atomic E-state index is 12.9. The van der Waals surface area contributed by atoms with Gasteiger partial charge in [0, 0.05) is 31.7 Å². The summed E-state index contributed by atoms with van der Waals surface area (Å²) in [4.78, 5) is 27.2. The number of pyridine rings is 1. The Bertz CT molecular complexity index is 836. The fourth-order valence-corrected chi connectivity index (χ4v) is 3.34. The molecule has 0 radical (unpaired) electrons. The second-order valence-electron chi connectivity index (χ2n) is 6.70. The molecule has 0 aromatic carbocycles. The van der Waals surface area contributed by atoms with Gasteiger partial charge in [-0.3, -0.25) is 15.2 Å². The van der Waals surface area contributed by atoms with Crippen LogP contribution in [0, 0.1) is 11.3 Å². The number of piperidine rings is 1. The number of halogens is 1. The van der Waals surface area contributed by atoms with Crippen molar-refractivity contribution in [2.75, 3.05) is 29.9 Å². The number of nitrogens with two attached hydrogens (primary N) is 2. The van der Waals surface area contributed by atoms with Gasteiger partial charge in [0.2, 0.25) is 5.91 Å². The van der Waals surface area contributed by atoms with Crippen LogP contribution in [0.5, 0.6) is 0 Å². The van der Waals surface area contributed by atoms with Gasteiger partial charge < -0.3 is 21.7 Å². The Hall–Kier alpha value is -2.78. The van der Waals surface area contributed by atoms with Crippen molar-refractivity contribution in [2.24, 2.45) is 17.4 Å². The standard InChI is InChI=1S/C18H23ClN8O/c19-12-8-24-17(25-9-12)15(16(21)22)18(28)26-13-10-23-4-1-14(13)27-5-2-11(7-20)3-6-27/h1,4,8-11,15H,2-3,5-7,20H2,(H3,21,22)(H,26,28). The number of amidine groups is 1. The van der Waals surface area contributed by atoms with Crippen LogP contribution in [-0.2, 0) is 4.79 Å². The number of aromatic nitrogens is 3. The van der Waals surface area contributed by atoms with Gasteiger partial charge in [-0.1, -0.05) is 11.6 Å². The molecule has 1 saturated heterocycles. The first-order valence-corrected chi connectivity index (χ1v) is 9.38. The number of rotatable bonds is 6. The molecule has 0 saturated carbocycles. The van der Waals surface area contributed by atoms with E-state index in [1.807, 2.05) is 6.07 Å². The first-order chi connectivity index (χ1) is 13.5. The van der Waals surface area contributed by atoms with Crippen LogP contribution in [0.25, 0.3) is 0 Å². The van der Waals surface area contributed by atoms with E-state index in [4.69, 9.17) is 28.5 Å². The van der Waals surface area contributed by atoms with Gasteiger partial charge in [-0.15, -0.1) is 0 Å². The molecule has 9 nitrogen and oxygen atoms in total. The van der Waals surface area contributed by atoms with E-state index in [2.05, 4.69) is 25.2 Å². The lowest BCUT2D eigenvalue weighted by molar-refractivity contribution is -0.116. The lowest BCUT2D eigenvalue weighted by Crippen LogP contribution is -2.37. The van der Waals surface area contributed by atoms with E-state index in [0.29, 0.717) is 23.2 Å². The smallest absolute Gasteiger partial charge is 0.242 e. The number of amides is 1. The summed E-state index contributed by atoms with van der Waals surface area (Å²) < 4.78 is 0. The van der Waals surface area contributed by atoms with Gasteiger partial charge in [-0.25, -0.2) is 9.97 Å². The quantitative estimate of drug-likeness (QED) is 0.421. The summed E-state index contributed by atoms with van der Waals surface area (Å²) in [6, 6.07) is 1.86. The highest BCUT2D eigenvalue weighted by Gasteiger charge is 2.28. The average Bonchev–Trinajstić information content (AvgIpc) is 2.70. The zero-order chi connectivity index (χ0) is 20.1. The van der Waals surface area contributed by atoms with Crippen molar-refractivity contribution in [1.29, 1.82) is 5.41 Å². The van der Waals surface area contributed by atoms with Crippen molar-refractivity contribution < 1.29 is 4.79 Å². The van der Waals surface area contributed by atoms with E-state index in [-0.39, 0.29) is 11.7 Å². The minimum atomic E-state index is -1.12. The molecule has 2 aromatic rings. The molecule has 0 spiro atoms. The van der Waals surface area contributed by atoms with Gasteiger partial charge in [0.05, 0.1) is 22.6 Å². The fraction of sp³-hybridized carbons (Fsp3) is 0.389. The summed E-state index contributed by atoms with van der Waals surface area (Å²) in [5.41, 5.74) is 12.8. The highest BCUT2D eigenvalue weighted by molar-refractivity contribution is 6.30. The first kappa shape index (κ1) is 20.0. The number of hydrogen-bond donors (Lipinski definition) is 4. The Kier molecular flexibility index (Phi) is 6.37. The van der Waals surface area contributed by atoms with E-state index in [1.54, 1.807) is 12.4 Å². The number of carbonyl (C=O) groups is 1. The molecular weight excluding hydrogens is 380 g/mol. The largest absolute Gasteiger partial charge is 0.387 e. The molecular formula is C18H23ClN8O. The summed E-state index contributed by atoms with van der Waals surface area (Å²) in [6.07, 6.45) is 8.00. The zero-order valence-corrected chi connectivity index (χ0v) is 16.1. The molecule has 0 bridgehead atoms. The monoisotopic (exact) mass is 402 g/mol. The van der Waals surface area contributed by atoms with Gasteiger partial charge in [-0.2, -0.15) is 0 Å². The third kappa shape index (κ3) is 4.55. The Morgan fingerprint density at radius 3 is 2.61 bits per heavy atom. The molecule has 3 heterocycles. The van der Waals surface area contributed by atoms with E-state index in [1.165, 1.54) is 12.4 Å². The summed E-state index contributed by atoms with van der Waals surface area (Å²) >= 11 is 5.80. The van der Waals surface area contributed by atoms with Crippen molar-refractivity contribution in [2.45, 2.75) is 18.8 Å². The summed E-state index contributed by atoms with van der Waals surface area (Å²) in [5, 5.41) is 11.0. The molecule has 10 heteroatoms.